The zero-order chi connectivity index (χ0) is 13.5. The van der Waals surface area contributed by atoms with Crippen LogP contribution in [0.4, 0.5) is 0 Å². The summed E-state index contributed by atoms with van der Waals surface area (Å²) in [7, 11) is 0. The van der Waals surface area contributed by atoms with E-state index in [1.807, 2.05) is 0 Å². The summed E-state index contributed by atoms with van der Waals surface area (Å²) in [5, 5.41) is 19.1. The summed E-state index contributed by atoms with van der Waals surface area (Å²) >= 11 is 0. The van der Waals surface area contributed by atoms with Gasteiger partial charge in [0, 0.05) is 12.2 Å². The maximum Gasteiger partial charge on any atom is 0.376 e. The molecule has 0 rings (SSSR count). The van der Waals surface area contributed by atoms with Gasteiger partial charge in [-0.2, -0.15) is 0 Å². The van der Waals surface area contributed by atoms with Crippen LogP contribution in [-0.4, -0.2) is 34.2 Å². The van der Waals surface area contributed by atoms with Gasteiger partial charge in [-0.25, -0.2) is 9.59 Å². The average molecular weight is 244 g/mol. The Morgan fingerprint density at radius 2 is 1.71 bits per heavy atom. The summed E-state index contributed by atoms with van der Waals surface area (Å²) in [6.07, 6.45) is 0.438. The Morgan fingerprint density at radius 1 is 1.29 bits per heavy atom. The molecule has 1 atom stereocenters. The van der Waals surface area contributed by atoms with Gasteiger partial charge in [0.05, 0.1) is 12.5 Å². The van der Waals surface area contributed by atoms with Crippen LogP contribution >= 0.6 is 0 Å². The van der Waals surface area contributed by atoms with Crippen LogP contribution in [0.15, 0.2) is 25.3 Å². The minimum absolute atomic E-state index is 0.291. The number of carbonyl (C=O) groups is 2. The molecular formula is C11H16O6. The summed E-state index contributed by atoms with van der Waals surface area (Å²) in [6, 6.07) is 0. The quantitative estimate of drug-likeness (QED) is 0.379. The van der Waals surface area contributed by atoms with Gasteiger partial charge in [0.2, 0.25) is 0 Å². The molecular weight excluding hydrogens is 228 g/mol. The largest absolute Gasteiger partial charge is 0.395 e. The van der Waals surface area contributed by atoms with E-state index in [1.54, 1.807) is 6.92 Å². The monoisotopic (exact) mass is 244 g/mol. The lowest BCUT2D eigenvalue weighted by Gasteiger charge is -2.27. The van der Waals surface area contributed by atoms with Crippen LogP contribution in [0.1, 0.15) is 19.8 Å². The molecule has 17 heavy (non-hydrogen) atoms. The van der Waals surface area contributed by atoms with Crippen molar-refractivity contribution in [3.05, 3.63) is 25.3 Å². The highest BCUT2D eigenvalue weighted by Crippen LogP contribution is 2.19. The highest BCUT2D eigenvalue weighted by Gasteiger charge is 2.37. The Morgan fingerprint density at radius 3 is 2.00 bits per heavy atom. The summed E-state index contributed by atoms with van der Waals surface area (Å²) in [6.45, 7) is 7.92. The van der Waals surface area contributed by atoms with Crippen molar-refractivity contribution in [2.24, 2.45) is 0 Å². The van der Waals surface area contributed by atoms with Crippen molar-refractivity contribution in [2.75, 3.05) is 0 Å². The predicted octanol–water partition coefficient (Wildman–Crippen LogP) is 0.252. The molecule has 0 aliphatic rings. The van der Waals surface area contributed by atoms with Gasteiger partial charge in [-0.1, -0.05) is 20.1 Å². The standard InChI is InChI=1S/C11H16O6/c1-4-8(12)7-11(15,16-9(13)5-2)17-10(14)6-3/h5-6,8,12,15H,2-4,7H2,1H3. The second-order valence-electron chi connectivity index (χ2n) is 3.23. The molecule has 1 unspecified atom stereocenters. The molecule has 6 nitrogen and oxygen atoms in total. The molecule has 0 aliphatic carbocycles. The maximum atomic E-state index is 11.0. The molecule has 6 heteroatoms. The summed E-state index contributed by atoms with van der Waals surface area (Å²) < 4.78 is 8.96. The lowest BCUT2D eigenvalue weighted by molar-refractivity contribution is -0.330. The number of ether oxygens (including phenoxy) is 2. The van der Waals surface area contributed by atoms with E-state index in [0.717, 1.165) is 12.2 Å². The third kappa shape index (κ3) is 5.84. The van der Waals surface area contributed by atoms with Crippen molar-refractivity contribution in [1.29, 1.82) is 0 Å². The van der Waals surface area contributed by atoms with E-state index in [9.17, 15) is 19.8 Å². The average Bonchev–Trinajstić information content (AvgIpc) is 2.27. The first-order valence-corrected chi connectivity index (χ1v) is 4.98. The molecule has 0 aromatic carbocycles. The molecule has 0 saturated carbocycles. The van der Waals surface area contributed by atoms with Gasteiger partial charge in [-0.3, -0.25) is 0 Å². The Kier molecular flexibility index (Phi) is 6.16. The Bertz CT molecular complexity index is 287. The highest BCUT2D eigenvalue weighted by atomic mass is 16.8. The molecule has 0 radical (unpaired) electrons. The summed E-state index contributed by atoms with van der Waals surface area (Å²) in [5.74, 6) is -4.48. The lowest BCUT2D eigenvalue weighted by Crippen LogP contribution is -2.42. The SMILES string of the molecule is C=CC(=O)OC(O)(CC(O)CC)OC(=O)C=C. The molecule has 0 amide bonds. The summed E-state index contributed by atoms with van der Waals surface area (Å²) in [5.41, 5.74) is 0. The topological polar surface area (TPSA) is 93.1 Å². The molecule has 96 valence electrons. The third-order valence-electron chi connectivity index (χ3n) is 1.82. The molecule has 2 N–H and O–H groups in total. The summed E-state index contributed by atoms with van der Waals surface area (Å²) in [4.78, 5) is 21.9. The van der Waals surface area contributed by atoms with E-state index in [0.29, 0.717) is 6.42 Å². The molecule has 0 spiro atoms. The van der Waals surface area contributed by atoms with Crippen LogP contribution in [0.5, 0.6) is 0 Å². The van der Waals surface area contributed by atoms with E-state index in [4.69, 9.17) is 0 Å². The first-order valence-electron chi connectivity index (χ1n) is 4.98. The van der Waals surface area contributed by atoms with E-state index < -0.39 is 30.4 Å². The molecule has 0 heterocycles. The van der Waals surface area contributed by atoms with Crippen LogP contribution in [0.3, 0.4) is 0 Å². The van der Waals surface area contributed by atoms with Gasteiger partial charge in [-0.15, -0.1) is 0 Å². The third-order valence-corrected chi connectivity index (χ3v) is 1.82. The zero-order valence-corrected chi connectivity index (χ0v) is 9.59. The number of aliphatic hydroxyl groups is 2. The van der Waals surface area contributed by atoms with Crippen molar-refractivity contribution >= 4 is 11.9 Å². The van der Waals surface area contributed by atoms with Gasteiger partial charge >= 0.3 is 17.9 Å². The highest BCUT2D eigenvalue weighted by molar-refractivity contribution is 5.83. The molecule has 0 aliphatic heterocycles. The van der Waals surface area contributed by atoms with E-state index >= 15 is 0 Å². The minimum Gasteiger partial charge on any atom is -0.395 e. The van der Waals surface area contributed by atoms with Crippen LogP contribution in [-0.2, 0) is 19.1 Å². The number of hydrogen-bond donors (Lipinski definition) is 2. The first-order chi connectivity index (χ1) is 7.86. The van der Waals surface area contributed by atoms with Crippen LogP contribution in [0, 0.1) is 0 Å². The van der Waals surface area contributed by atoms with E-state index in [-0.39, 0.29) is 0 Å². The normalized spacial score (nSPS) is 12.4. The number of carbonyl (C=O) groups excluding carboxylic acids is 2. The van der Waals surface area contributed by atoms with Crippen molar-refractivity contribution in [2.45, 2.75) is 31.8 Å². The van der Waals surface area contributed by atoms with Crippen molar-refractivity contribution in [3.8, 4) is 0 Å². The van der Waals surface area contributed by atoms with Crippen molar-refractivity contribution in [3.63, 3.8) is 0 Å². The van der Waals surface area contributed by atoms with Gasteiger partial charge < -0.3 is 19.7 Å². The fraction of sp³-hybridized carbons (Fsp3) is 0.455. The van der Waals surface area contributed by atoms with Crippen LogP contribution in [0.2, 0.25) is 0 Å². The van der Waals surface area contributed by atoms with Crippen LogP contribution < -0.4 is 0 Å². The molecule has 0 saturated heterocycles. The fourth-order valence-corrected chi connectivity index (χ4v) is 0.944. The van der Waals surface area contributed by atoms with Crippen molar-refractivity contribution < 1.29 is 29.3 Å². The van der Waals surface area contributed by atoms with Gasteiger partial charge in [0.25, 0.3) is 0 Å². The number of hydrogen-bond acceptors (Lipinski definition) is 6. The molecule has 0 bridgehead atoms. The maximum absolute atomic E-state index is 11.0. The van der Waals surface area contributed by atoms with E-state index in [1.165, 1.54) is 0 Å². The van der Waals surface area contributed by atoms with Gasteiger partial charge in [-0.05, 0) is 6.42 Å². The second-order valence-corrected chi connectivity index (χ2v) is 3.23. The lowest BCUT2D eigenvalue weighted by atomic mass is 10.2. The van der Waals surface area contributed by atoms with Gasteiger partial charge in [0.1, 0.15) is 0 Å². The number of aliphatic hydroxyl groups excluding tert-OH is 1. The number of esters is 2. The smallest absolute Gasteiger partial charge is 0.376 e. The predicted molar refractivity (Wildman–Crippen MR) is 58.4 cm³/mol. The Balaban J connectivity index is 4.78. The van der Waals surface area contributed by atoms with Crippen molar-refractivity contribution in [1.82, 2.24) is 0 Å². The number of rotatable bonds is 7. The minimum atomic E-state index is -2.52. The zero-order valence-electron chi connectivity index (χ0n) is 9.59. The van der Waals surface area contributed by atoms with Crippen LogP contribution in [0.25, 0.3) is 0 Å². The molecule has 0 fully saturated rings. The van der Waals surface area contributed by atoms with E-state index in [2.05, 4.69) is 22.6 Å². The molecule has 0 aromatic rings. The molecule has 0 aromatic heterocycles. The Labute approximate surface area is 99.1 Å². The fourth-order valence-electron chi connectivity index (χ4n) is 0.944. The Hall–Kier alpha value is -1.66. The van der Waals surface area contributed by atoms with Gasteiger partial charge in [0.15, 0.2) is 0 Å². The first kappa shape index (κ1) is 15.3. The second kappa shape index (κ2) is 6.82.